The zero-order valence-electron chi connectivity index (χ0n) is 13.2. The minimum absolute atomic E-state index is 0.265. The number of rotatable bonds is 5. The molecular formula is C18H12Cl4N2O2. The van der Waals surface area contributed by atoms with Gasteiger partial charge in [0.25, 0.3) is 0 Å². The van der Waals surface area contributed by atoms with E-state index in [9.17, 15) is 4.79 Å². The summed E-state index contributed by atoms with van der Waals surface area (Å²) in [4.78, 5) is 16.6. The van der Waals surface area contributed by atoms with Gasteiger partial charge >= 0.3 is 5.97 Å². The largest absolute Gasteiger partial charge is 0.450 e. The molecule has 2 aromatic carbocycles. The van der Waals surface area contributed by atoms with Crippen LogP contribution >= 0.6 is 46.4 Å². The van der Waals surface area contributed by atoms with Crippen LogP contribution < -0.4 is 0 Å². The van der Waals surface area contributed by atoms with Crippen LogP contribution in [0.4, 0.5) is 0 Å². The van der Waals surface area contributed by atoms with E-state index in [4.69, 9.17) is 51.1 Å². The zero-order chi connectivity index (χ0) is 18.7. The molecule has 0 aliphatic carbocycles. The third-order valence-electron chi connectivity index (χ3n) is 3.65. The Kier molecular flexibility index (Phi) is 6.09. The van der Waals surface area contributed by atoms with Crippen LogP contribution in [0.25, 0.3) is 0 Å². The molecule has 134 valence electrons. The fourth-order valence-corrected chi connectivity index (χ4v) is 3.05. The number of nitrogens with zero attached hydrogens (tertiary/aromatic N) is 2. The number of hydrogen-bond donors (Lipinski definition) is 0. The Balaban J connectivity index is 1.91. The third-order valence-corrected chi connectivity index (χ3v) is 5.09. The van der Waals surface area contributed by atoms with E-state index in [-0.39, 0.29) is 10.6 Å². The molecule has 0 radical (unpaired) electrons. The van der Waals surface area contributed by atoms with Crippen molar-refractivity contribution in [1.29, 1.82) is 0 Å². The number of ether oxygens (including phenoxy) is 1. The highest BCUT2D eigenvalue weighted by Crippen LogP contribution is 2.35. The number of benzene rings is 2. The molecular weight excluding hydrogens is 418 g/mol. The molecule has 0 bridgehead atoms. The maximum Gasteiger partial charge on any atom is 0.338 e. The average Bonchev–Trinajstić information content (AvgIpc) is 3.17. The van der Waals surface area contributed by atoms with Crippen LogP contribution in [0.2, 0.25) is 15.1 Å². The molecule has 1 aromatic heterocycles. The number of carbonyl (C=O) groups is 1. The van der Waals surface area contributed by atoms with Gasteiger partial charge in [0.15, 0.2) is 6.10 Å². The number of imidazole rings is 1. The Morgan fingerprint density at radius 1 is 1.04 bits per heavy atom. The lowest BCUT2D eigenvalue weighted by molar-refractivity contribution is 0.0238. The summed E-state index contributed by atoms with van der Waals surface area (Å²) >= 11 is 24.4. The van der Waals surface area contributed by atoms with Crippen molar-refractivity contribution in [3.63, 3.8) is 0 Å². The smallest absolute Gasteiger partial charge is 0.338 e. The molecule has 0 aliphatic rings. The van der Waals surface area contributed by atoms with Gasteiger partial charge in [0, 0.05) is 17.4 Å². The molecule has 0 saturated heterocycles. The first-order chi connectivity index (χ1) is 12.5. The Morgan fingerprint density at radius 2 is 1.77 bits per heavy atom. The minimum Gasteiger partial charge on any atom is -0.450 e. The minimum atomic E-state index is -0.773. The molecule has 0 saturated carbocycles. The third kappa shape index (κ3) is 4.33. The lowest BCUT2D eigenvalue weighted by Gasteiger charge is -2.24. The summed E-state index contributed by atoms with van der Waals surface area (Å²) in [7, 11) is 0. The molecule has 4 nitrogen and oxygen atoms in total. The van der Waals surface area contributed by atoms with Crippen LogP contribution in [0.3, 0.4) is 0 Å². The summed E-state index contributed by atoms with van der Waals surface area (Å²) in [5.74, 6) is -0.575. The number of carbonyl (C=O) groups excluding carboxylic acids is 1. The summed E-state index contributed by atoms with van der Waals surface area (Å²) in [5, 5.41) is 1.18. The lowest BCUT2D eigenvalue weighted by Crippen LogP contribution is -2.19. The maximum atomic E-state index is 12.6. The highest BCUT2D eigenvalue weighted by Gasteiger charge is 2.27. The molecule has 3 rings (SSSR count). The zero-order valence-corrected chi connectivity index (χ0v) is 16.2. The van der Waals surface area contributed by atoms with Gasteiger partial charge in [0.1, 0.15) is 5.50 Å². The fourth-order valence-electron chi connectivity index (χ4n) is 2.31. The summed E-state index contributed by atoms with van der Waals surface area (Å²) in [6, 6.07) is 11.4. The second-order valence-electron chi connectivity index (χ2n) is 5.39. The van der Waals surface area contributed by atoms with Crippen molar-refractivity contribution in [3.8, 4) is 0 Å². The quantitative estimate of drug-likeness (QED) is 0.359. The first-order valence-electron chi connectivity index (χ1n) is 7.48. The summed E-state index contributed by atoms with van der Waals surface area (Å²) in [6.45, 7) is 0. The van der Waals surface area contributed by atoms with Crippen LogP contribution in [0, 0.1) is 0 Å². The van der Waals surface area contributed by atoms with Gasteiger partial charge in [-0.2, -0.15) is 0 Å². The highest BCUT2D eigenvalue weighted by molar-refractivity contribution is 6.42. The second-order valence-corrected chi connectivity index (χ2v) is 7.09. The van der Waals surface area contributed by atoms with Gasteiger partial charge < -0.3 is 9.30 Å². The van der Waals surface area contributed by atoms with Crippen molar-refractivity contribution >= 4 is 52.4 Å². The molecule has 0 aliphatic heterocycles. The predicted octanol–water partition coefficient (Wildman–Crippen LogP) is 6.18. The molecule has 8 heteroatoms. The van der Waals surface area contributed by atoms with E-state index in [1.165, 1.54) is 18.2 Å². The van der Waals surface area contributed by atoms with Gasteiger partial charge in [-0.05, 0) is 35.9 Å². The summed E-state index contributed by atoms with van der Waals surface area (Å²) in [6.07, 6.45) is 4.06. The van der Waals surface area contributed by atoms with E-state index in [2.05, 4.69) is 4.98 Å². The molecule has 2 unspecified atom stereocenters. The van der Waals surface area contributed by atoms with E-state index < -0.39 is 17.6 Å². The molecule has 1 heterocycles. The van der Waals surface area contributed by atoms with Crippen molar-refractivity contribution in [2.45, 2.75) is 11.6 Å². The van der Waals surface area contributed by atoms with Crippen molar-refractivity contribution in [2.75, 3.05) is 0 Å². The van der Waals surface area contributed by atoms with E-state index in [1.807, 2.05) is 0 Å². The first-order valence-corrected chi connectivity index (χ1v) is 9.06. The van der Waals surface area contributed by atoms with Crippen LogP contribution in [0.15, 0.2) is 61.2 Å². The van der Waals surface area contributed by atoms with Gasteiger partial charge in [-0.1, -0.05) is 58.5 Å². The molecule has 0 N–H and O–H groups in total. The van der Waals surface area contributed by atoms with E-state index in [1.54, 1.807) is 47.6 Å². The van der Waals surface area contributed by atoms with Crippen LogP contribution in [-0.4, -0.2) is 15.5 Å². The number of hydrogen-bond acceptors (Lipinski definition) is 3. The highest BCUT2D eigenvalue weighted by atomic mass is 35.5. The second kappa shape index (κ2) is 8.31. The summed E-state index contributed by atoms with van der Waals surface area (Å²) < 4.78 is 7.32. The molecule has 26 heavy (non-hydrogen) atoms. The molecule has 0 spiro atoms. The number of halogens is 4. The molecule has 0 fully saturated rings. The Morgan fingerprint density at radius 3 is 2.38 bits per heavy atom. The Labute approximate surface area is 170 Å². The maximum absolute atomic E-state index is 12.6. The fraction of sp³-hybridized carbons (Fsp3) is 0.111. The van der Waals surface area contributed by atoms with Gasteiger partial charge in [-0.15, -0.1) is 0 Å². The van der Waals surface area contributed by atoms with Crippen molar-refractivity contribution in [1.82, 2.24) is 9.55 Å². The van der Waals surface area contributed by atoms with E-state index >= 15 is 0 Å². The monoisotopic (exact) mass is 428 g/mol. The average molecular weight is 430 g/mol. The predicted molar refractivity (Wildman–Crippen MR) is 103 cm³/mol. The standard InChI is InChI=1S/C18H12Cl4N2O2/c19-13-4-1-11(2-5-13)16(17(22)24-8-7-23-10-24)26-18(25)12-3-6-14(20)15(21)9-12/h1-10,16-17H. The molecule has 3 aromatic rings. The van der Waals surface area contributed by atoms with Crippen molar-refractivity contribution < 1.29 is 9.53 Å². The van der Waals surface area contributed by atoms with Gasteiger partial charge in [-0.25, -0.2) is 9.78 Å². The van der Waals surface area contributed by atoms with E-state index in [0.717, 1.165) is 0 Å². The Bertz CT molecular complexity index is 898. The molecule has 0 amide bonds. The first kappa shape index (κ1) is 19.1. The van der Waals surface area contributed by atoms with E-state index in [0.29, 0.717) is 15.6 Å². The summed E-state index contributed by atoms with van der Waals surface area (Å²) in [5.41, 5.74) is 0.259. The molecule has 2 atom stereocenters. The van der Waals surface area contributed by atoms with Crippen LogP contribution in [-0.2, 0) is 4.74 Å². The number of alkyl halides is 1. The van der Waals surface area contributed by atoms with Gasteiger partial charge in [0.05, 0.1) is 21.9 Å². The Hall–Kier alpha value is -1.72. The van der Waals surface area contributed by atoms with Gasteiger partial charge in [-0.3, -0.25) is 0 Å². The normalized spacial score (nSPS) is 13.2. The number of aromatic nitrogens is 2. The topological polar surface area (TPSA) is 44.1 Å². The number of esters is 1. The van der Waals surface area contributed by atoms with Gasteiger partial charge in [0.2, 0.25) is 0 Å². The van der Waals surface area contributed by atoms with Crippen molar-refractivity contribution in [2.24, 2.45) is 0 Å². The van der Waals surface area contributed by atoms with Crippen LogP contribution in [0.5, 0.6) is 0 Å². The van der Waals surface area contributed by atoms with Crippen molar-refractivity contribution in [3.05, 3.63) is 87.4 Å². The SMILES string of the molecule is O=C(OC(c1ccc(Cl)cc1)C(Cl)n1ccnc1)c1ccc(Cl)c(Cl)c1. The lowest BCUT2D eigenvalue weighted by atomic mass is 10.1. The van der Waals surface area contributed by atoms with Crippen LogP contribution in [0.1, 0.15) is 27.5 Å².